The molecule has 3 fully saturated rings. The van der Waals surface area contributed by atoms with Crippen LogP contribution in [0.3, 0.4) is 0 Å². The van der Waals surface area contributed by atoms with Gasteiger partial charge in [-0.05, 0) is 67.2 Å². The van der Waals surface area contributed by atoms with Gasteiger partial charge in [0.25, 0.3) is 0 Å². The average Bonchev–Trinajstić information content (AvgIpc) is 3.13. The van der Waals surface area contributed by atoms with Gasteiger partial charge in [0.05, 0.1) is 12.2 Å². The van der Waals surface area contributed by atoms with Gasteiger partial charge in [-0.25, -0.2) is 9.59 Å². The van der Waals surface area contributed by atoms with E-state index in [9.17, 15) is 9.59 Å². The molecule has 0 radical (unpaired) electrons. The second-order valence-electron chi connectivity index (χ2n) is 9.72. The lowest BCUT2D eigenvalue weighted by Gasteiger charge is -2.33. The molecule has 2 N–H and O–H groups in total. The van der Waals surface area contributed by atoms with Crippen molar-refractivity contribution in [2.45, 2.75) is 96.1 Å². The lowest BCUT2D eigenvalue weighted by Crippen LogP contribution is -2.50. The molecule has 27 heavy (non-hydrogen) atoms. The molecule has 1 heterocycles. The Kier molecular flexibility index (Phi) is 6.14. The van der Waals surface area contributed by atoms with Crippen LogP contribution < -0.4 is 10.6 Å². The third kappa shape index (κ3) is 7.79. The van der Waals surface area contributed by atoms with Crippen LogP contribution in [-0.2, 0) is 14.2 Å². The molecule has 0 unspecified atom stereocenters. The van der Waals surface area contributed by atoms with Gasteiger partial charge in [-0.15, -0.1) is 0 Å². The predicted molar refractivity (Wildman–Crippen MR) is 103 cm³/mol. The zero-order valence-corrected chi connectivity index (χ0v) is 17.4. The van der Waals surface area contributed by atoms with Gasteiger partial charge in [-0.1, -0.05) is 12.2 Å². The van der Waals surface area contributed by atoms with Crippen molar-refractivity contribution in [3.05, 3.63) is 12.2 Å². The third-order valence-electron chi connectivity index (χ3n) is 4.30. The molecule has 1 saturated heterocycles. The summed E-state index contributed by atoms with van der Waals surface area (Å²) >= 11 is 0. The molecule has 2 amide bonds. The summed E-state index contributed by atoms with van der Waals surface area (Å²) in [7, 11) is 0. The fourth-order valence-corrected chi connectivity index (χ4v) is 2.97. The standard InChI is InChI=1S/C10H17NO3.C10H17NO2/c1-9(2,3)14-8(12)11-7-4-10(5-7)6-13-10;1-7-5-8(6-7)11-9(12)13-10(2,3)4/h7H,4-6H2,1-3H3,(H,11,12);8H,1,5-6H2,2-4H3,(H,11,12). The minimum atomic E-state index is -0.415. The Morgan fingerprint density at radius 3 is 1.70 bits per heavy atom. The fraction of sp³-hybridized carbons (Fsp3) is 0.800. The van der Waals surface area contributed by atoms with E-state index >= 15 is 0 Å². The summed E-state index contributed by atoms with van der Waals surface area (Å²) in [6.07, 6.45) is 3.00. The summed E-state index contributed by atoms with van der Waals surface area (Å²) < 4.78 is 15.5. The van der Waals surface area contributed by atoms with Gasteiger partial charge in [0.1, 0.15) is 11.2 Å². The maximum absolute atomic E-state index is 11.3. The number of hydrogen-bond acceptors (Lipinski definition) is 5. The number of nitrogens with one attached hydrogen (secondary N) is 2. The van der Waals surface area contributed by atoms with Crippen LogP contribution in [0, 0.1) is 0 Å². The maximum Gasteiger partial charge on any atom is 0.407 e. The monoisotopic (exact) mass is 382 g/mol. The first kappa shape index (κ1) is 21.5. The first-order valence-electron chi connectivity index (χ1n) is 9.55. The van der Waals surface area contributed by atoms with Gasteiger partial charge in [0, 0.05) is 12.1 Å². The number of carbonyl (C=O) groups excluding carboxylic acids is 2. The summed E-state index contributed by atoms with van der Waals surface area (Å²) in [4.78, 5) is 22.5. The van der Waals surface area contributed by atoms with Crippen molar-refractivity contribution >= 4 is 12.2 Å². The van der Waals surface area contributed by atoms with E-state index in [-0.39, 0.29) is 29.9 Å². The number of amides is 2. The topological polar surface area (TPSA) is 89.2 Å². The summed E-state index contributed by atoms with van der Waals surface area (Å²) in [5, 5.41) is 5.61. The van der Waals surface area contributed by atoms with E-state index in [1.165, 1.54) is 5.57 Å². The molecular weight excluding hydrogens is 348 g/mol. The molecule has 7 heteroatoms. The van der Waals surface area contributed by atoms with Crippen LogP contribution in [0.15, 0.2) is 12.2 Å². The highest BCUT2D eigenvalue weighted by Crippen LogP contribution is 2.46. The van der Waals surface area contributed by atoms with E-state index in [0.29, 0.717) is 0 Å². The van der Waals surface area contributed by atoms with Gasteiger partial charge in [0.15, 0.2) is 0 Å². The molecule has 0 aromatic carbocycles. The van der Waals surface area contributed by atoms with E-state index in [1.54, 1.807) is 0 Å². The second-order valence-corrected chi connectivity index (χ2v) is 9.72. The van der Waals surface area contributed by atoms with Crippen LogP contribution in [0.1, 0.15) is 67.2 Å². The Labute approximate surface area is 162 Å². The molecule has 154 valence electrons. The third-order valence-corrected chi connectivity index (χ3v) is 4.30. The van der Waals surface area contributed by atoms with E-state index in [1.807, 2.05) is 41.5 Å². The van der Waals surface area contributed by atoms with Gasteiger partial charge >= 0.3 is 12.2 Å². The second kappa shape index (κ2) is 7.70. The molecule has 1 spiro atoms. The Balaban J connectivity index is 0.000000194. The lowest BCUT2D eigenvalue weighted by molar-refractivity contribution is 0.0427. The number of rotatable bonds is 2. The van der Waals surface area contributed by atoms with Gasteiger partial charge < -0.3 is 24.8 Å². The molecule has 3 rings (SSSR count). The Hall–Kier alpha value is -1.76. The molecule has 0 aromatic rings. The molecular formula is C20H34N2O5. The largest absolute Gasteiger partial charge is 0.444 e. The van der Waals surface area contributed by atoms with Crippen molar-refractivity contribution < 1.29 is 23.8 Å². The minimum Gasteiger partial charge on any atom is -0.444 e. The van der Waals surface area contributed by atoms with Crippen molar-refractivity contribution in [1.82, 2.24) is 10.6 Å². The van der Waals surface area contributed by atoms with E-state index in [2.05, 4.69) is 17.2 Å². The highest BCUT2D eigenvalue weighted by Gasteiger charge is 2.55. The zero-order chi connectivity index (χ0) is 20.5. The molecule has 0 aromatic heterocycles. The maximum atomic E-state index is 11.3. The quantitative estimate of drug-likeness (QED) is 0.562. The SMILES string of the molecule is C=C1CC(NC(=O)OC(C)(C)C)C1.CC(C)(C)OC(=O)NC1CC2(CO2)C1. The highest BCUT2D eigenvalue weighted by molar-refractivity contribution is 5.68. The average molecular weight is 383 g/mol. The smallest absolute Gasteiger partial charge is 0.407 e. The Bertz CT molecular complexity index is 568. The lowest BCUT2D eigenvalue weighted by atomic mass is 9.80. The number of hydrogen-bond donors (Lipinski definition) is 2. The Morgan fingerprint density at radius 2 is 1.37 bits per heavy atom. The normalized spacial score (nSPS) is 26.7. The number of carbonyl (C=O) groups is 2. The summed E-state index contributed by atoms with van der Waals surface area (Å²) in [6.45, 7) is 15.8. The molecule has 2 aliphatic carbocycles. The zero-order valence-electron chi connectivity index (χ0n) is 17.4. The van der Waals surface area contributed by atoms with Gasteiger partial charge in [0.2, 0.25) is 0 Å². The van der Waals surface area contributed by atoms with Crippen molar-refractivity contribution in [2.24, 2.45) is 0 Å². The van der Waals surface area contributed by atoms with Crippen LogP contribution in [0.25, 0.3) is 0 Å². The molecule has 1 aliphatic heterocycles. The predicted octanol–water partition coefficient (Wildman–Crippen LogP) is 3.67. The molecule has 2 saturated carbocycles. The van der Waals surface area contributed by atoms with Crippen molar-refractivity contribution in [1.29, 1.82) is 0 Å². The van der Waals surface area contributed by atoms with E-state index < -0.39 is 11.2 Å². The number of alkyl carbamates (subject to hydrolysis) is 2. The van der Waals surface area contributed by atoms with Crippen LogP contribution in [0.4, 0.5) is 9.59 Å². The van der Waals surface area contributed by atoms with E-state index in [4.69, 9.17) is 14.2 Å². The minimum absolute atomic E-state index is 0.139. The highest BCUT2D eigenvalue weighted by atomic mass is 16.6. The van der Waals surface area contributed by atoms with Crippen molar-refractivity contribution in [2.75, 3.05) is 6.61 Å². The fourth-order valence-electron chi connectivity index (χ4n) is 2.97. The number of epoxide rings is 1. The number of ether oxygens (including phenoxy) is 3. The van der Waals surface area contributed by atoms with Crippen LogP contribution in [-0.4, -0.2) is 47.7 Å². The van der Waals surface area contributed by atoms with Gasteiger partial charge in [-0.2, -0.15) is 0 Å². The van der Waals surface area contributed by atoms with Crippen LogP contribution in [0.2, 0.25) is 0 Å². The summed E-state index contributed by atoms with van der Waals surface area (Å²) in [6, 6.07) is 0.481. The van der Waals surface area contributed by atoms with E-state index in [0.717, 1.165) is 32.3 Å². The first-order chi connectivity index (χ1) is 12.3. The van der Waals surface area contributed by atoms with Crippen LogP contribution >= 0.6 is 0 Å². The molecule has 0 atom stereocenters. The van der Waals surface area contributed by atoms with Crippen LogP contribution in [0.5, 0.6) is 0 Å². The van der Waals surface area contributed by atoms with Crippen molar-refractivity contribution in [3.63, 3.8) is 0 Å². The molecule has 0 bridgehead atoms. The van der Waals surface area contributed by atoms with Crippen molar-refractivity contribution in [3.8, 4) is 0 Å². The van der Waals surface area contributed by atoms with Gasteiger partial charge in [-0.3, -0.25) is 0 Å². The molecule has 3 aliphatic rings. The first-order valence-corrected chi connectivity index (χ1v) is 9.55. The Morgan fingerprint density at radius 1 is 0.963 bits per heavy atom. The summed E-state index contributed by atoms with van der Waals surface area (Å²) in [5.74, 6) is 0. The summed E-state index contributed by atoms with van der Waals surface area (Å²) in [5.41, 5.74) is 0.507. The molecule has 7 nitrogen and oxygen atoms in total.